The van der Waals surface area contributed by atoms with Crippen molar-refractivity contribution >= 4 is 11.8 Å². The number of amides is 2. The lowest BCUT2D eigenvalue weighted by Crippen LogP contribution is -2.36. The molecule has 0 saturated heterocycles. The van der Waals surface area contributed by atoms with Crippen LogP contribution >= 0.6 is 0 Å². The molecule has 3 N–H and O–H groups in total. The Morgan fingerprint density at radius 2 is 2.12 bits per heavy atom. The Morgan fingerprint density at radius 3 is 2.65 bits per heavy atom. The van der Waals surface area contributed by atoms with Gasteiger partial charge in [0.15, 0.2) is 0 Å². The molecular formula is C11H18N4O2. The summed E-state index contributed by atoms with van der Waals surface area (Å²) in [6, 6.07) is 1.69. The molecule has 0 aliphatic rings. The zero-order valence-electron chi connectivity index (χ0n) is 10.3. The summed E-state index contributed by atoms with van der Waals surface area (Å²) in [5, 5.41) is 11.8. The number of aromatic amines is 1. The van der Waals surface area contributed by atoms with Crippen molar-refractivity contribution in [3.63, 3.8) is 0 Å². The van der Waals surface area contributed by atoms with Crippen LogP contribution in [0.25, 0.3) is 0 Å². The van der Waals surface area contributed by atoms with Crippen molar-refractivity contribution in [3.05, 3.63) is 17.5 Å². The second-order valence-corrected chi connectivity index (χ2v) is 4.00. The van der Waals surface area contributed by atoms with Crippen LogP contribution in [-0.2, 0) is 4.79 Å². The molecule has 1 rings (SSSR count). The lowest BCUT2D eigenvalue weighted by atomic mass is 10.1. The Hall–Kier alpha value is -1.85. The molecule has 2 amide bonds. The summed E-state index contributed by atoms with van der Waals surface area (Å²) in [7, 11) is 0. The second kappa shape index (κ2) is 6.03. The van der Waals surface area contributed by atoms with E-state index in [0.29, 0.717) is 12.2 Å². The van der Waals surface area contributed by atoms with Gasteiger partial charge in [-0.15, -0.1) is 0 Å². The predicted octanol–water partition coefficient (Wildman–Crippen LogP) is 0.399. The number of carbonyl (C=O) groups is 2. The maximum atomic E-state index is 11.6. The van der Waals surface area contributed by atoms with E-state index >= 15 is 0 Å². The fraction of sp³-hybridized carbons (Fsp3) is 0.545. The lowest BCUT2D eigenvalue weighted by Gasteiger charge is -2.02. The minimum atomic E-state index is -0.348. The number of likely N-dealkylation sites (N-methyl/N-ethyl adjacent to an activating group) is 1. The van der Waals surface area contributed by atoms with Crippen molar-refractivity contribution in [1.82, 2.24) is 20.8 Å². The number of H-pyrrole nitrogens is 1. The zero-order valence-corrected chi connectivity index (χ0v) is 10.3. The lowest BCUT2D eigenvalue weighted by molar-refractivity contribution is -0.120. The van der Waals surface area contributed by atoms with E-state index in [1.165, 1.54) is 0 Å². The van der Waals surface area contributed by atoms with Gasteiger partial charge in [-0.2, -0.15) is 5.10 Å². The molecule has 1 aromatic rings. The first-order chi connectivity index (χ1) is 8.04. The molecule has 0 fully saturated rings. The second-order valence-electron chi connectivity index (χ2n) is 4.00. The van der Waals surface area contributed by atoms with E-state index in [1.807, 2.05) is 20.8 Å². The zero-order chi connectivity index (χ0) is 12.8. The van der Waals surface area contributed by atoms with E-state index in [4.69, 9.17) is 0 Å². The molecule has 0 aromatic carbocycles. The highest BCUT2D eigenvalue weighted by Crippen LogP contribution is 2.11. The highest BCUT2D eigenvalue weighted by molar-refractivity contribution is 5.94. The Bertz CT molecular complexity index is 398. The Kier molecular flexibility index (Phi) is 4.68. The largest absolute Gasteiger partial charge is 0.355 e. The van der Waals surface area contributed by atoms with Crippen molar-refractivity contribution in [2.45, 2.75) is 26.7 Å². The Morgan fingerprint density at radius 1 is 1.41 bits per heavy atom. The van der Waals surface area contributed by atoms with Crippen molar-refractivity contribution in [2.75, 3.05) is 13.1 Å². The average Bonchev–Trinajstić information content (AvgIpc) is 2.75. The van der Waals surface area contributed by atoms with Crippen LogP contribution in [0.1, 0.15) is 42.9 Å². The number of hydrogen-bond acceptors (Lipinski definition) is 3. The number of nitrogens with one attached hydrogen (secondary N) is 3. The Balaban J connectivity index is 2.49. The molecule has 0 bridgehead atoms. The monoisotopic (exact) mass is 238 g/mol. The first-order valence-corrected chi connectivity index (χ1v) is 5.64. The quantitative estimate of drug-likeness (QED) is 0.694. The highest BCUT2D eigenvalue weighted by Gasteiger charge is 2.12. The van der Waals surface area contributed by atoms with E-state index in [-0.39, 0.29) is 24.3 Å². The molecule has 94 valence electrons. The van der Waals surface area contributed by atoms with Crippen LogP contribution in [0.2, 0.25) is 0 Å². The van der Waals surface area contributed by atoms with Crippen molar-refractivity contribution in [3.8, 4) is 0 Å². The minimum Gasteiger partial charge on any atom is -0.355 e. The smallest absolute Gasteiger partial charge is 0.272 e. The molecule has 0 spiro atoms. The van der Waals surface area contributed by atoms with Gasteiger partial charge in [0.1, 0.15) is 5.69 Å². The molecule has 17 heavy (non-hydrogen) atoms. The van der Waals surface area contributed by atoms with Gasteiger partial charge in [0.25, 0.3) is 5.91 Å². The normalized spacial score (nSPS) is 10.4. The molecule has 1 aromatic heterocycles. The van der Waals surface area contributed by atoms with Crippen LogP contribution in [-0.4, -0.2) is 35.1 Å². The number of rotatable bonds is 5. The minimum absolute atomic E-state index is 0.0312. The summed E-state index contributed by atoms with van der Waals surface area (Å²) in [5.74, 6) is -0.271. The van der Waals surface area contributed by atoms with Crippen molar-refractivity contribution in [2.24, 2.45) is 0 Å². The van der Waals surface area contributed by atoms with E-state index in [0.717, 1.165) is 5.69 Å². The summed E-state index contributed by atoms with van der Waals surface area (Å²) < 4.78 is 0. The number of hydrogen-bond donors (Lipinski definition) is 3. The van der Waals surface area contributed by atoms with Gasteiger partial charge in [-0.3, -0.25) is 14.7 Å². The molecular weight excluding hydrogens is 220 g/mol. The van der Waals surface area contributed by atoms with Gasteiger partial charge in [0.2, 0.25) is 5.91 Å². The summed E-state index contributed by atoms with van der Waals surface area (Å²) in [6.07, 6.45) is 0. The van der Waals surface area contributed by atoms with Crippen LogP contribution in [0.4, 0.5) is 0 Å². The summed E-state index contributed by atoms with van der Waals surface area (Å²) >= 11 is 0. The third-order valence-corrected chi connectivity index (χ3v) is 2.24. The van der Waals surface area contributed by atoms with Crippen LogP contribution in [0.3, 0.4) is 0 Å². The van der Waals surface area contributed by atoms with Gasteiger partial charge in [-0.25, -0.2) is 0 Å². The predicted molar refractivity (Wildman–Crippen MR) is 63.7 cm³/mol. The third kappa shape index (κ3) is 3.90. The number of aromatic nitrogens is 2. The first-order valence-electron chi connectivity index (χ1n) is 5.64. The van der Waals surface area contributed by atoms with E-state index in [9.17, 15) is 9.59 Å². The summed E-state index contributed by atoms with van der Waals surface area (Å²) in [5.41, 5.74) is 1.20. The van der Waals surface area contributed by atoms with E-state index in [2.05, 4.69) is 20.8 Å². The fourth-order valence-corrected chi connectivity index (χ4v) is 1.26. The van der Waals surface area contributed by atoms with Gasteiger partial charge in [-0.05, 0) is 18.9 Å². The van der Waals surface area contributed by atoms with Gasteiger partial charge in [-0.1, -0.05) is 13.8 Å². The SMILES string of the molecule is CCNC(=O)CNC(=O)c1cc(C(C)C)[nH]n1. The number of carbonyl (C=O) groups excluding carboxylic acids is 2. The molecule has 0 radical (unpaired) electrons. The molecule has 0 aliphatic carbocycles. The van der Waals surface area contributed by atoms with E-state index in [1.54, 1.807) is 6.07 Å². The Labute approximate surface area is 100 Å². The van der Waals surface area contributed by atoms with Crippen LogP contribution in [0.5, 0.6) is 0 Å². The molecule has 6 heteroatoms. The van der Waals surface area contributed by atoms with Crippen LogP contribution in [0.15, 0.2) is 6.07 Å². The average molecular weight is 238 g/mol. The summed E-state index contributed by atoms with van der Waals surface area (Å²) in [4.78, 5) is 22.8. The third-order valence-electron chi connectivity index (χ3n) is 2.24. The van der Waals surface area contributed by atoms with Gasteiger partial charge >= 0.3 is 0 Å². The molecule has 0 saturated carbocycles. The van der Waals surface area contributed by atoms with E-state index < -0.39 is 0 Å². The molecule has 0 atom stereocenters. The molecule has 0 aliphatic heterocycles. The van der Waals surface area contributed by atoms with Crippen molar-refractivity contribution in [1.29, 1.82) is 0 Å². The van der Waals surface area contributed by atoms with Gasteiger partial charge < -0.3 is 10.6 Å². The fourth-order valence-electron chi connectivity index (χ4n) is 1.26. The van der Waals surface area contributed by atoms with Crippen LogP contribution in [0, 0.1) is 0 Å². The van der Waals surface area contributed by atoms with Crippen molar-refractivity contribution < 1.29 is 9.59 Å². The first kappa shape index (κ1) is 13.2. The standard InChI is InChI=1S/C11H18N4O2/c1-4-12-10(16)6-13-11(17)9-5-8(7(2)3)14-15-9/h5,7H,4,6H2,1-3H3,(H,12,16)(H,13,17)(H,14,15). The van der Waals surface area contributed by atoms with Gasteiger partial charge in [0, 0.05) is 12.2 Å². The molecule has 1 heterocycles. The summed E-state index contributed by atoms with van der Waals surface area (Å²) in [6.45, 7) is 6.35. The van der Waals surface area contributed by atoms with Crippen LogP contribution < -0.4 is 10.6 Å². The van der Waals surface area contributed by atoms with Gasteiger partial charge in [0.05, 0.1) is 6.54 Å². The molecule has 0 unspecified atom stereocenters. The highest BCUT2D eigenvalue weighted by atomic mass is 16.2. The molecule has 6 nitrogen and oxygen atoms in total. The maximum absolute atomic E-state index is 11.6. The maximum Gasteiger partial charge on any atom is 0.272 e. The topological polar surface area (TPSA) is 86.9 Å². The number of nitrogens with zero attached hydrogens (tertiary/aromatic N) is 1.